The highest BCUT2D eigenvalue weighted by atomic mass is 35.5. The van der Waals surface area contributed by atoms with Crippen molar-refractivity contribution < 1.29 is 31.1 Å². The van der Waals surface area contributed by atoms with Gasteiger partial charge in [0.05, 0.1) is 39.4 Å². The lowest BCUT2D eigenvalue weighted by molar-refractivity contribution is -0.137. The van der Waals surface area contributed by atoms with Gasteiger partial charge in [0.2, 0.25) is 0 Å². The fourth-order valence-corrected chi connectivity index (χ4v) is 6.89. The maximum atomic E-state index is 13.4. The van der Waals surface area contributed by atoms with Crippen LogP contribution in [0, 0.1) is 0 Å². The van der Waals surface area contributed by atoms with Gasteiger partial charge < -0.3 is 9.64 Å². The number of carbonyl (C=O) groups is 1. The molecule has 42 heavy (non-hydrogen) atoms. The van der Waals surface area contributed by atoms with Gasteiger partial charge in [0.25, 0.3) is 5.91 Å². The molecule has 1 aliphatic rings. The number of alkyl halides is 3. The summed E-state index contributed by atoms with van der Waals surface area (Å²) in [6.07, 6.45) is -2.96. The van der Waals surface area contributed by atoms with Gasteiger partial charge in [-0.2, -0.15) is 13.2 Å². The van der Waals surface area contributed by atoms with E-state index < -0.39 is 21.6 Å². The highest BCUT2D eigenvalue weighted by Crippen LogP contribution is 2.35. The normalized spacial score (nSPS) is 14.7. The van der Waals surface area contributed by atoms with E-state index in [9.17, 15) is 26.4 Å². The van der Waals surface area contributed by atoms with Gasteiger partial charge in [-0.1, -0.05) is 41.9 Å². The molecule has 12 heteroatoms. The number of methoxy groups -OCH3 is 1. The van der Waals surface area contributed by atoms with Crippen LogP contribution >= 0.6 is 11.6 Å². The summed E-state index contributed by atoms with van der Waals surface area (Å²) < 4.78 is 71.1. The average Bonchev–Trinajstić information content (AvgIpc) is 2.96. The number of hydrogen-bond donors (Lipinski definition) is 0. The lowest BCUT2D eigenvalue weighted by atomic mass is 10.1. The summed E-state index contributed by atoms with van der Waals surface area (Å²) in [6, 6.07) is 17.0. The van der Waals surface area contributed by atoms with Gasteiger partial charge in [0, 0.05) is 44.3 Å². The third-order valence-electron chi connectivity index (χ3n) is 7.19. The number of fused-ring (bicyclic) bond motifs is 1. The van der Waals surface area contributed by atoms with Gasteiger partial charge in [0.15, 0.2) is 9.84 Å². The Balaban J connectivity index is 1.25. The first-order valence-corrected chi connectivity index (χ1v) is 15.1. The number of pyridine rings is 1. The van der Waals surface area contributed by atoms with Crippen molar-refractivity contribution in [3.05, 3.63) is 100 Å². The fraction of sp³-hybridized carbons (Fsp3) is 0.267. The van der Waals surface area contributed by atoms with Crippen LogP contribution in [-0.2, 0) is 28.3 Å². The van der Waals surface area contributed by atoms with Crippen molar-refractivity contribution >= 4 is 38.2 Å². The van der Waals surface area contributed by atoms with Crippen molar-refractivity contribution in [1.29, 1.82) is 0 Å². The molecule has 1 fully saturated rings. The smallest absolute Gasteiger partial charge is 0.417 e. The van der Waals surface area contributed by atoms with Crippen LogP contribution in [0.2, 0.25) is 5.02 Å². The van der Waals surface area contributed by atoms with Gasteiger partial charge in [-0.15, -0.1) is 0 Å². The summed E-state index contributed by atoms with van der Waals surface area (Å²) in [6.45, 7) is 2.24. The van der Waals surface area contributed by atoms with E-state index in [-0.39, 0.29) is 27.3 Å². The number of halogens is 4. The molecule has 0 radical (unpaired) electrons. The van der Waals surface area contributed by atoms with E-state index in [4.69, 9.17) is 16.3 Å². The first-order valence-electron chi connectivity index (χ1n) is 13.1. The van der Waals surface area contributed by atoms with Crippen LogP contribution in [0.15, 0.2) is 77.8 Å². The summed E-state index contributed by atoms with van der Waals surface area (Å²) in [5.74, 6) is -0.275. The molecule has 0 aliphatic carbocycles. The molecule has 1 saturated heterocycles. The SMILES string of the molecule is COc1cc(CS(=O)(=O)c2cccc3cccnc23)ccc1C(=O)N1CCN(Cc2ccc(C(F)(F)F)c(Cl)c2)CC1. The Morgan fingerprint density at radius 3 is 2.38 bits per heavy atom. The number of hydrogen-bond acceptors (Lipinski definition) is 6. The van der Waals surface area contributed by atoms with Gasteiger partial charge >= 0.3 is 6.18 Å². The Morgan fingerprint density at radius 1 is 0.976 bits per heavy atom. The number of benzene rings is 3. The molecule has 7 nitrogen and oxygen atoms in total. The van der Waals surface area contributed by atoms with Crippen LogP contribution in [0.5, 0.6) is 5.75 Å². The van der Waals surface area contributed by atoms with E-state index in [1.54, 1.807) is 53.6 Å². The number of nitrogens with zero attached hydrogens (tertiary/aromatic N) is 3. The fourth-order valence-electron chi connectivity index (χ4n) is 5.05. The zero-order valence-electron chi connectivity index (χ0n) is 22.6. The molecule has 5 rings (SSSR count). The standard InChI is InChI=1S/C30H27ClF3N3O4S/c1-41-26-17-21(19-42(39,40)27-6-2-4-22-5-3-11-35-28(22)27)7-9-23(26)29(38)37-14-12-36(13-15-37)18-20-8-10-24(25(31)16-20)30(32,33)34/h2-11,16-17H,12-15,18-19H2,1H3. The van der Waals surface area contributed by atoms with E-state index in [2.05, 4.69) is 4.98 Å². The molecule has 0 N–H and O–H groups in total. The molecule has 220 valence electrons. The molecular formula is C30H27ClF3N3O4S. The Labute approximate surface area is 246 Å². The summed E-state index contributed by atoms with van der Waals surface area (Å²) in [5, 5.41) is 0.381. The molecule has 0 bridgehead atoms. The Kier molecular flexibility index (Phi) is 8.45. The van der Waals surface area contributed by atoms with Crippen LogP contribution in [0.25, 0.3) is 10.9 Å². The molecule has 0 saturated carbocycles. The van der Waals surface area contributed by atoms with Crippen LogP contribution in [0.3, 0.4) is 0 Å². The molecule has 2 heterocycles. The van der Waals surface area contributed by atoms with Crippen molar-refractivity contribution in [3.63, 3.8) is 0 Å². The van der Waals surface area contributed by atoms with E-state index in [0.717, 1.165) is 11.5 Å². The van der Waals surface area contributed by atoms with Crippen molar-refractivity contribution in [2.45, 2.75) is 23.4 Å². The molecule has 1 aromatic heterocycles. The van der Waals surface area contributed by atoms with E-state index >= 15 is 0 Å². The monoisotopic (exact) mass is 617 g/mol. The van der Waals surface area contributed by atoms with Crippen LogP contribution in [-0.4, -0.2) is 62.4 Å². The molecule has 0 spiro atoms. The number of amides is 1. The Hall–Kier alpha value is -3.67. The lowest BCUT2D eigenvalue weighted by Crippen LogP contribution is -2.48. The summed E-state index contributed by atoms with van der Waals surface area (Å²) in [5.41, 5.74) is 0.967. The Morgan fingerprint density at radius 2 is 1.69 bits per heavy atom. The average molecular weight is 618 g/mol. The largest absolute Gasteiger partial charge is 0.496 e. The number of piperazine rings is 1. The second-order valence-electron chi connectivity index (χ2n) is 10.0. The quantitative estimate of drug-likeness (QED) is 0.259. The minimum absolute atomic E-state index is 0.135. The highest BCUT2D eigenvalue weighted by Gasteiger charge is 2.33. The second kappa shape index (κ2) is 11.9. The predicted molar refractivity (Wildman–Crippen MR) is 153 cm³/mol. The minimum Gasteiger partial charge on any atom is -0.496 e. The number of aromatic nitrogens is 1. The maximum Gasteiger partial charge on any atom is 0.417 e. The molecule has 0 atom stereocenters. The summed E-state index contributed by atoms with van der Waals surface area (Å²) >= 11 is 5.85. The van der Waals surface area contributed by atoms with Gasteiger partial charge in [-0.05, 0) is 47.5 Å². The van der Waals surface area contributed by atoms with Crippen LogP contribution in [0.1, 0.15) is 27.0 Å². The number of sulfone groups is 1. The van der Waals surface area contributed by atoms with Crippen molar-refractivity contribution in [2.24, 2.45) is 0 Å². The highest BCUT2D eigenvalue weighted by molar-refractivity contribution is 7.90. The number of rotatable bonds is 7. The summed E-state index contributed by atoms with van der Waals surface area (Å²) in [4.78, 5) is 21.5. The van der Waals surface area contributed by atoms with Crippen LogP contribution in [0.4, 0.5) is 13.2 Å². The molecule has 1 amide bonds. The van der Waals surface area contributed by atoms with Gasteiger partial charge in [-0.3, -0.25) is 14.7 Å². The molecule has 3 aromatic carbocycles. The van der Waals surface area contributed by atoms with E-state index in [0.29, 0.717) is 54.9 Å². The zero-order chi connectivity index (χ0) is 30.1. The molecule has 4 aromatic rings. The van der Waals surface area contributed by atoms with Gasteiger partial charge in [0.1, 0.15) is 5.75 Å². The first kappa shape index (κ1) is 29.8. The molecule has 0 unspecified atom stereocenters. The zero-order valence-corrected chi connectivity index (χ0v) is 24.1. The maximum absolute atomic E-state index is 13.4. The summed E-state index contributed by atoms with van der Waals surface area (Å²) in [7, 11) is -2.32. The second-order valence-corrected chi connectivity index (χ2v) is 12.4. The van der Waals surface area contributed by atoms with Gasteiger partial charge in [-0.25, -0.2) is 8.42 Å². The first-order chi connectivity index (χ1) is 20.0. The lowest BCUT2D eigenvalue weighted by Gasteiger charge is -2.35. The number of ether oxygens (including phenoxy) is 1. The topological polar surface area (TPSA) is 79.8 Å². The Bertz CT molecular complexity index is 1730. The van der Waals surface area contributed by atoms with Crippen molar-refractivity contribution in [1.82, 2.24) is 14.8 Å². The number of carbonyl (C=O) groups excluding carboxylic acids is 1. The third kappa shape index (κ3) is 6.38. The number of para-hydroxylation sites is 1. The van der Waals surface area contributed by atoms with Crippen LogP contribution < -0.4 is 4.74 Å². The van der Waals surface area contributed by atoms with E-state index in [1.165, 1.54) is 25.3 Å². The van der Waals surface area contributed by atoms with Crippen molar-refractivity contribution in [2.75, 3.05) is 33.3 Å². The minimum atomic E-state index is -4.51. The van der Waals surface area contributed by atoms with E-state index in [1.807, 2.05) is 4.90 Å². The predicted octanol–water partition coefficient (Wildman–Crippen LogP) is 5.85. The molecular weight excluding hydrogens is 591 g/mol. The third-order valence-corrected chi connectivity index (χ3v) is 9.21. The van der Waals surface area contributed by atoms with Crippen molar-refractivity contribution in [3.8, 4) is 5.75 Å². The molecule has 1 aliphatic heterocycles.